The number of carbonyl (C=O) groups is 1. The van der Waals surface area contributed by atoms with Gasteiger partial charge < -0.3 is 4.74 Å². The SMILES string of the molecule is C=C(C)C(=O)OC1(C2CCCC(C)C2)C2CC3CC1CC(C)(C3)C2. The van der Waals surface area contributed by atoms with Crippen molar-refractivity contribution in [2.45, 2.75) is 84.2 Å². The molecule has 0 aromatic rings. The van der Waals surface area contributed by atoms with Gasteiger partial charge in [0.05, 0.1) is 0 Å². The molecule has 5 fully saturated rings. The van der Waals surface area contributed by atoms with Crippen LogP contribution in [0.2, 0.25) is 0 Å². The summed E-state index contributed by atoms with van der Waals surface area (Å²) >= 11 is 0. The maximum Gasteiger partial charge on any atom is 0.333 e. The molecule has 0 saturated heterocycles. The van der Waals surface area contributed by atoms with Crippen LogP contribution < -0.4 is 0 Å². The van der Waals surface area contributed by atoms with Gasteiger partial charge in [0.1, 0.15) is 5.60 Å². The van der Waals surface area contributed by atoms with Gasteiger partial charge in [-0.3, -0.25) is 0 Å². The number of carbonyl (C=O) groups excluding carboxylic acids is 1. The van der Waals surface area contributed by atoms with Crippen molar-refractivity contribution >= 4 is 5.97 Å². The molecular weight excluding hydrogens is 296 g/mol. The summed E-state index contributed by atoms with van der Waals surface area (Å²) in [5, 5.41) is 0. The third-order valence-corrected chi connectivity index (χ3v) is 7.96. The molecule has 134 valence electrons. The molecule has 0 radical (unpaired) electrons. The monoisotopic (exact) mass is 330 g/mol. The number of hydrogen-bond donors (Lipinski definition) is 0. The number of hydrogen-bond acceptors (Lipinski definition) is 2. The molecule has 5 rings (SSSR count). The Balaban J connectivity index is 1.71. The topological polar surface area (TPSA) is 26.3 Å². The highest BCUT2D eigenvalue weighted by Gasteiger charge is 2.65. The van der Waals surface area contributed by atoms with Crippen molar-refractivity contribution in [2.75, 3.05) is 0 Å². The zero-order valence-electron chi connectivity index (χ0n) is 15.8. The Morgan fingerprint density at radius 3 is 2.25 bits per heavy atom. The maximum atomic E-state index is 12.6. The fraction of sp³-hybridized carbons (Fsp3) is 0.864. The summed E-state index contributed by atoms with van der Waals surface area (Å²) in [4.78, 5) is 12.6. The molecule has 0 spiro atoms. The van der Waals surface area contributed by atoms with Crippen LogP contribution in [0.5, 0.6) is 0 Å². The lowest BCUT2D eigenvalue weighted by molar-refractivity contribution is -0.244. The van der Waals surface area contributed by atoms with Crippen LogP contribution in [-0.2, 0) is 9.53 Å². The first kappa shape index (κ1) is 16.7. The zero-order chi connectivity index (χ0) is 17.1. The van der Waals surface area contributed by atoms with E-state index in [1.165, 1.54) is 57.8 Å². The van der Waals surface area contributed by atoms with Gasteiger partial charge in [0.15, 0.2) is 0 Å². The van der Waals surface area contributed by atoms with E-state index in [0.29, 0.717) is 28.7 Å². The molecule has 4 bridgehead atoms. The number of ether oxygens (including phenoxy) is 1. The van der Waals surface area contributed by atoms with Crippen molar-refractivity contribution < 1.29 is 9.53 Å². The van der Waals surface area contributed by atoms with Gasteiger partial charge in [-0.2, -0.15) is 0 Å². The predicted molar refractivity (Wildman–Crippen MR) is 96.4 cm³/mol. The first-order chi connectivity index (χ1) is 11.3. The van der Waals surface area contributed by atoms with E-state index >= 15 is 0 Å². The first-order valence-corrected chi connectivity index (χ1v) is 10.2. The van der Waals surface area contributed by atoms with E-state index in [0.717, 1.165) is 11.8 Å². The average Bonchev–Trinajstić information content (AvgIpc) is 2.49. The Hall–Kier alpha value is -0.790. The molecular formula is C22H34O2. The van der Waals surface area contributed by atoms with E-state index in [-0.39, 0.29) is 11.6 Å². The van der Waals surface area contributed by atoms with Gasteiger partial charge in [-0.15, -0.1) is 0 Å². The third kappa shape index (κ3) is 2.47. The van der Waals surface area contributed by atoms with Gasteiger partial charge in [0.25, 0.3) is 0 Å². The second-order valence-corrected chi connectivity index (χ2v) is 10.1. The normalized spacial score (nSPS) is 49.9. The van der Waals surface area contributed by atoms with Crippen molar-refractivity contribution in [1.82, 2.24) is 0 Å². The fourth-order valence-electron chi connectivity index (χ4n) is 7.40. The molecule has 5 saturated carbocycles. The Labute approximate surface area is 147 Å². The van der Waals surface area contributed by atoms with Gasteiger partial charge in [-0.25, -0.2) is 4.79 Å². The summed E-state index contributed by atoms with van der Waals surface area (Å²) in [6.45, 7) is 10.6. The molecule has 24 heavy (non-hydrogen) atoms. The van der Waals surface area contributed by atoms with Gasteiger partial charge in [-0.1, -0.05) is 33.3 Å². The molecule has 5 aliphatic rings. The minimum absolute atomic E-state index is 0.133. The first-order valence-electron chi connectivity index (χ1n) is 10.2. The van der Waals surface area contributed by atoms with Gasteiger partial charge in [0, 0.05) is 17.4 Å². The molecule has 0 heterocycles. The molecule has 2 nitrogen and oxygen atoms in total. The molecule has 0 aliphatic heterocycles. The summed E-state index contributed by atoms with van der Waals surface area (Å²) in [5.41, 5.74) is 0.898. The van der Waals surface area contributed by atoms with Crippen LogP contribution in [0.25, 0.3) is 0 Å². The lowest BCUT2D eigenvalue weighted by Crippen LogP contribution is -2.65. The Bertz CT molecular complexity index is 524. The van der Waals surface area contributed by atoms with Crippen LogP contribution in [0, 0.1) is 35.0 Å². The maximum absolute atomic E-state index is 12.6. The van der Waals surface area contributed by atoms with Gasteiger partial charge in [0.2, 0.25) is 0 Å². The van der Waals surface area contributed by atoms with E-state index in [1.807, 2.05) is 0 Å². The van der Waals surface area contributed by atoms with E-state index in [1.54, 1.807) is 6.92 Å². The van der Waals surface area contributed by atoms with Crippen LogP contribution in [0.4, 0.5) is 0 Å². The van der Waals surface area contributed by atoms with Crippen molar-refractivity contribution in [3.05, 3.63) is 12.2 Å². The van der Waals surface area contributed by atoms with Crippen LogP contribution in [0.15, 0.2) is 12.2 Å². The van der Waals surface area contributed by atoms with Crippen molar-refractivity contribution in [2.24, 2.45) is 35.0 Å². The molecule has 4 unspecified atom stereocenters. The molecule has 0 aromatic carbocycles. The van der Waals surface area contributed by atoms with Gasteiger partial charge in [-0.05, 0) is 75.0 Å². The minimum atomic E-state index is -0.179. The van der Waals surface area contributed by atoms with Crippen LogP contribution in [-0.4, -0.2) is 11.6 Å². The molecule has 4 atom stereocenters. The van der Waals surface area contributed by atoms with Crippen molar-refractivity contribution in [3.63, 3.8) is 0 Å². The van der Waals surface area contributed by atoms with E-state index in [2.05, 4.69) is 20.4 Å². The summed E-state index contributed by atoms with van der Waals surface area (Å²) in [6.07, 6.45) is 11.7. The lowest BCUT2D eigenvalue weighted by Gasteiger charge is -2.66. The second kappa shape index (κ2) is 5.61. The molecule has 2 heteroatoms. The Morgan fingerprint density at radius 1 is 1.04 bits per heavy atom. The quantitative estimate of drug-likeness (QED) is 0.503. The number of esters is 1. The van der Waals surface area contributed by atoms with E-state index < -0.39 is 0 Å². The molecule has 0 aromatic heterocycles. The van der Waals surface area contributed by atoms with Crippen LogP contribution in [0.1, 0.15) is 78.6 Å². The Morgan fingerprint density at radius 2 is 1.71 bits per heavy atom. The highest BCUT2D eigenvalue weighted by Crippen LogP contribution is 2.67. The Kier molecular flexibility index (Phi) is 3.89. The zero-order valence-corrected chi connectivity index (χ0v) is 15.8. The fourth-order valence-corrected chi connectivity index (χ4v) is 7.40. The minimum Gasteiger partial charge on any atom is -0.455 e. The highest BCUT2D eigenvalue weighted by molar-refractivity contribution is 5.87. The summed E-state index contributed by atoms with van der Waals surface area (Å²) in [7, 11) is 0. The van der Waals surface area contributed by atoms with Crippen molar-refractivity contribution in [1.29, 1.82) is 0 Å². The molecule has 0 N–H and O–H groups in total. The average molecular weight is 331 g/mol. The molecule has 5 aliphatic carbocycles. The highest BCUT2D eigenvalue weighted by atomic mass is 16.6. The van der Waals surface area contributed by atoms with E-state index in [4.69, 9.17) is 4.74 Å². The van der Waals surface area contributed by atoms with Gasteiger partial charge >= 0.3 is 5.97 Å². The molecule has 0 amide bonds. The smallest absolute Gasteiger partial charge is 0.333 e. The predicted octanol–water partition coefficient (Wildman–Crippen LogP) is 5.52. The van der Waals surface area contributed by atoms with Crippen LogP contribution in [0.3, 0.4) is 0 Å². The number of rotatable bonds is 3. The van der Waals surface area contributed by atoms with E-state index in [9.17, 15) is 4.79 Å². The third-order valence-electron chi connectivity index (χ3n) is 7.96. The largest absolute Gasteiger partial charge is 0.455 e. The summed E-state index contributed by atoms with van der Waals surface area (Å²) in [5.74, 6) is 3.27. The second-order valence-electron chi connectivity index (χ2n) is 10.1. The standard InChI is InChI=1S/C22H34O2/c1-14(2)20(23)24-22(17-7-5-6-15(3)8-17)18-9-16-10-19(22)13-21(4,11-16)12-18/h15-19H,1,5-13H2,2-4H3. The van der Waals surface area contributed by atoms with Crippen LogP contribution >= 0.6 is 0 Å². The summed E-state index contributed by atoms with van der Waals surface area (Å²) in [6, 6.07) is 0. The lowest BCUT2D eigenvalue weighted by atomic mass is 9.42. The van der Waals surface area contributed by atoms with Crippen molar-refractivity contribution in [3.8, 4) is 0 Å². The summed E-state index contributed by atoms with van der Waals surface area (Å²) < 4.78 is 6.47.